The van der Waals surface area contributed by atoms with Gasteiger partial charge in [-0.3, -0.25) is 4.79 Å². The molecule has 1 aliphatic heterocycles. The van der Waals surface area contributed by atoms with Crippen LogP contribution in [0.2, 0.25) is 0 Å². The maximum absolute atomic E-state index is 11.7. The van der Waals surface area contributed by atoms with E-state index in [1.54, 1.807) is 11.9 Å². The second-order valence-electron chi connectivity index (χ2n) is 3.34. The van der Waals surface area contributed by atoms with Crippen LogP contribution in [0, 0.1) is 5.92 Å². The summed E-state index contributed by atoms with van der Waals surface area (Å²) in [5, 5.41) is 0. The van der Waals surface area contributed by atoms with Crippen LogP contribution in [0.4, 0.5) is 0 Å². The molecule has 1 amide bonds. The number of rotatable bonds is 3. The molecule has 1 rings (SSSR count). The minimum absolute atomic E-state index is 0.155. The molecular formula is C9H16ClNO2. The summed E-state index contributed by atoms with van der Waals surface area (Å²) >= 11 is 5.56. The van der Waals surface area contributed by atoms with Crippen LogP contribution in [0.15, 0.2) is 0 Å². The van der Waals surface area contributed by atoms with Gasteiger partial charge in [0.2, 0.25) is 5.91 Å². The first kappa shape index (κ1) is 10.8. The van der Waals surface area contributed by atoms with Gasteiger partial charge in [0, 0.05) is 38.6 Å². The summed E-state index contributed by atoms with van der Waals surface area (Å²) in [5.74, 6) is 0.872. The van der Waals surface area contributed by atoms with Crippen LogP contribution in [0.25, 0.3) is 0 Å². The fourth-order valence-corrected chi connectivity index (χ4v) is 1.75. The van der Waals surface area contributed by atoms with E-state index in [4.69, 9.17) is 16.3 Å². The lowest BCUT2D eigenvalue weighted by molar-refractivity contribution is -0.136. The van der Waals surface area contributed by atoms with E-state index in [2.05, 4.69) is 0 Å². The number of carbonyl (C=O) groups is 1. The van der Waals surface area contributed by atoms with E-state index >= 15 is 0 Å². The lowest BCUT2D eigenvalue weighted by Crippen LogP contribution is -2.36. The topological polar surface area (TPSA) is 29.5 Å². The Kier molecular flexibility index (Phi) is 4.53. The molecule has 0 bridgehead atoms. The van der Waals surface area contributed by atoms with Crippen molar-refractivity contribution in [2.24, 2.45) is 5.92 Å². The molecule has 3 nitrogen and oxygen atoms in total. The number of carbonyl (C=O) groups excluding carboxylic acids is 1. The largest absolute Gasteiger partial charge is 0.381 e. The van der Waals surface area contributed by atoms with E-state index in [0.29, 0.717) is 25.6 Å². The van der Waals surface area contributed by atoms with Crippen LogP contribution < -0.4 is 0 Å². The standard InChI is InChI=1S/C9H16ClNO2/c1-11(5-4-10)9(12)8-2-6-13-7-3-8/h8H,2-7H2,1H3. The van der Waals surface area contributed by atoms with Crippen molar-refractivity contribution in [2.45, 2.75) is 12.8 Å². The van der Waals surface area contributed by atoms with Gasteiger partial charge in [0.1, 0.15) is 0 Å². The van der Waals surface area contributed by atoms with E-state index < -0.39 is 0 Å². The highest BCUT2D eigenvalue weighted by Crippen LogP contribution is 2.16. The zero-order chi connectivity index (χ0) is 9.68. The Labute approximate surface area is 84.0 Å². The van der Waals surface area contributed by atoms with Crippen molar-refractivity contribution < 1.29 is 9.53 Å². The summed E-state index contributed by atoms with van der Waals surface area (Å²) in [7, 11) is 1.81. The Balaban J connectivity index is 2.36. The third-order valence-electron chi connectivity index (χ3n) is 2.37. The molecule has 0 atom stereocenters. The smallest absolute Gasteiger partial charge is 0.225 e. The lowest BCUT2D eigenvalue weighted by atomic mass is 9.99. The maximum atomic E-state index is 11.7. The Morgan fingerprint density at radius 3 is 2.69 bits per heavy atom. The fraction of sp³-hybridized carbons (Fsp3) is 0.889. The van der Waals surface area contributed by atoms with Crippen molar-refractivity contribution >= 4 is 17.5 Å². The van der Waals surface area contributed by atoms with Gasteiger partial charge in [-0.25, -0.2) is 0 Å². The summed E-state index contributed by atoms with van der Waals surface area (Å²) in [5.41, 5.74) is 0. The highest BCUT2D eigenvalue weighted by molar-refractivity contribution is 6.18. The summed E-state index contributed by atoms with van der Waals surface area (Å²) in [6.45, 7) is 2.06. The van der Waals surface area contributed by atoms with Gasteiger partial charge >= 0.3 is 0 Å². The number of alkyl halides is 1. The SMILES string of the molecule is CN(CCCl)C(=O)C1CCOCC1. The minimum atomic E-state index is 0.155. The molecular weight excluding hydrogens is 190 g/mol. The van der Waals surface area contributed by atoms with E-state index in [1.807, 2.05) is 0 Å². The van der Waals surface area contributed by atoms with Gasteiger partial charge in [0.05, 0.1) is 0 Å². The first-order chi connectivity index (χ1) is 6.25. The number of amides is 1. The van der Waals surface area contributed by atoms with Crippen LogP contribution in [0.1, 0.15) is 12.8 Å². The fourth-order valence-electron chi connectivity index (χ4n) is 1.49. The zero-order valence-electron chi connectivity index (χ0n) is 7.96. The molecule has 13 heavy (non-hydrogen) atoms. The zero-order valence-corrected chi connectivity index (χ0v) is 8.72. The van der Waals surface area contributed by atoms with Gasteiger partial charge in [-0.2, -0.15) is 0 Å². The van der Waals surface area contributed by atoms with Crippen molar-refractivity contribution in [1.29, 1.82) is 0 Å². The van der Waals surface area contributed by atoms with Crippen molar-refractivity contribution in [2.75, 3.05) is 32.7 Å². The molecule has 0 aromatic rings. The quantitative estimate of drug-likeness (QED) is 0.646. The third kappa shape index (κ3) is 3.16. The van der Waals surface area contributed by atoms with Gasteiger partial charge in [-0.15, -0.1) is 11.6 Å². The molecule has 0 N–H and O–H groups in total. The average Bonchev–Trinajstić information content (AvgIpc) is 2.18. The molecule has 1 aliphatic rings. The third-order valence-corrected chi connectivity index (χ3v) is 2.54. The van der Waals surface area contributed by atoms with Crippen LogP contribution in [-0.4, -0.2) is 43.5 Å². The Bertz CT molecular complexity index is 169. The number of ether oxygens (including phenoxy) is 1. The highest BCUT2D eigenvalue weighted by atomic mass is 35.5. The van der Waals surface area contributed by atoms with Gasteiger partial charge in [0.25, 0.3) is 0 Å². The second-order valence-corrected chi connectivity index (χ2v) is 3.71. The second kappa shape index (κ2) is 5.45. The van der Waals surface area contributed by atoms with E-state index in [9.17, 15) is 4.79 Å². The molecule has 1 fully saturated rings. The van der Waals surface area contributed by atoms with Crippen LogP contribution in [0.3, 0.4) is 0 Å². The van der Waals surface area contributed by atoms with Crippen molar-refractivity contribution in [1.82, 2.24) is 4.90 Å². The van der Waals surface area contributed by atoms with Crippen molar-refractivity contribution in [3.05, 3.63) is 0 Å². The predicted octanol–water partition coefficient (Wildman–Crippen LogP) is 1.11. The first-order valence-electron chi connectivity index (χ1n) is 4.64. The molecule has 0 radical (unpaired) electrons. The molecule has 0 unspecified atom stereocenters. The molecule has 76 valence electrons. The van der Waals surface area contributed by atoms with Gasteiger partial charge in [-0.1, -0.05) is 0 Å². The summed E-state index contributed by atoms with van der Waals surface area (Å²) < 4.78 is 5.19. The summed E-state index contributed by atoms with van der Waals surface area (Å²) in [6, 6.07) is 0. The van der Waals surface area contributed by atoms with Crippen molar-refractivity contribution in [3.63, 3.8) is 0 Å². The minimum Gasteiger partial charge on any atom is -0.381 e. The molecule has 0 aromatic carbocycles. The van der Waals surface area contributed by atoms with E-state index in [-0.39, 0.29) is 11.8 Å². The first-order valence-corrected chi connectivity index (χ1v) is 5.18. The van der Waals surface area contributed by atoms with Crippen molar-refractivity contribution in [3.8, 4) is 0 Å². The summed E-state index contributed by atoms with van der Waals surface area (Å²) in [4.78, 5) is 13.4. The molecule has 0 saturated carbocycles. The van der Waals surface area contributed by atoms with Gasteiger partial charge in [-0.05, 0) is 12.8 Å². The number of hydrogen-bond donors (Lipinski definition) is 0. The Hall–Kier alpha value is -0.280. The number of halogens is 1. The molecule has 1 heterocycles. The molecule has 4 heteroatoms. The monoisotopic (exact) mass is 205 g/mol. The number of hydrogen-bond acceptors (Lipinski definition) is 2. The molecule has 0 spiro atoms. The molecule has 0 aromatic heterocycles. The molecule has 1 saturated heterocycles. The van der Waals surface area contributed by atoms with E-state index in [1.165, 1.54) is 0 Å². The highest BCUT2D eigenvalue weighted by Gasteiger charge is 2.23. The summed E-state index contributed by atoms with van der Waals surface area (Å²) in [6.07, 6.45) is 1.71. The van der Waals surface area contributed by atoms with Crippen LogP contribution in [0.5, 0.6) is 0 Å². The predicted molar refractivity (Wildman–Crippen MR) is 51.9 cm³/mol. The Morgan fingerprint density at radius 1 is 1.54 bits per heavy atom. The Morgan fingerprint density at radius 2 is 2.15 bits per heavy atom. The molecule has 0 aliphatic carbocycles. The normalized spacial score (nSPS) is 18.6. The average molecular weight is 206 g/mol. The van der Waals surface area contributed by atoms with Gasteiger partial charge in [0.15, 0.2) is 0 Å². The number of nitrogens with zero attached hydrogens (tertiary/aromatic N) is 1. The van der Waals surface area contributed by atoms with E-state index in [0.717, 1.165) is 12.8 Å². The van der Waals surface area contributed by atoms with Crippen LogP contribution in [-0.2, 0) is 9.53 Å². The lowest BCUT2D eigenvalue weighted by Gasteiger charge is -2.25. The maximum Gasteiger partial charge on any atom is 0.225 e. The van der Waals surface area contributed by atoms with Gasteiger partial charge < -0.3 is 9.64 Å². The van der Waals surface area contributed by atoms with Crippen LogP contribution >= 0.6 is 11.6 Å².